The molecule has 4 rings (SSSR count). The minimum atomic E-state index is -1.17. The normalized spacial score (nSPS) is 21.1. The van der Waals surface area contributed by atoms with Crippen molar-refractivity contribution < 1.29 is 23.8 Å². The van der Waals surface area contributed by atoms with Crippen molar-refractivity contribution in [2.75, 3.05) is 19.7 Å². The molecule has 0 radical (unpaired) electrons. The third kappa shape index (κ3) is 3.93. The molecule has 2 aliphatic heterocycles. The molecule has 0 unspecified atom stereocenters. The van der Waals surface area contributed by atoms with Crippen molar-refractivity contribution >= 4 is 23.5 Å². The number of carboxylic acid groups (broad SMARTS) is 1. The zero-order valence-corrected chi connectivity index (χ0v) is 17.0. The van der Waals surface area contributed by atoms with E-state index in [9.17, 15) is 19.1 Å². The fourth-order valence-electron chi connectivity index (χ4n) is 4.25. The lowest BCUT2D eigenvalue weighted by molar-refractivity contribution is -0.144. The Morgan fingerprint density at radius 2 is 1.87 bits per heavy atom. The van der Waals surface area contributed by atoms with Gasteiger partial charge < -0.3 is 9.84 Å². The molecule has 1 amide bonds. The summed E-state index contributed by atoms with van der Waals surface area (Å²) in [6, 6.07) is 12.6. The number of carboxylic acids is 1. The second-order valence-electron chi connectivity index (χ2n) is 7.67. The third-order valence-electron chi connectivity index (χ3n) is 5.81. The maximum absolute atomic E-state index is 14.4. The van der Waals surface area contributed by atoms with Gasteiger partial charge in [0.05, 0.1) is 12.2 Å². The summed E-state index contributed by atoms with van der Waals surface area (Å²) in [5, 5.41) is 9.82. The summed E-state index contributed by atoms with van der Waals surface area (Å²) in [5.74, 6) is -2.63. The van der Waals surface area contributed by atoms with Crippen LogP contribution in [0.1, 0.15) is 28.8 Å². The Balaban J connectivity index is 1.56. The number of hydrogen-bond acceptors (Lipinski definition) is 4. The minimum absolute atomic E-state index is 0.116. The zero-order valence-electron chi connectivity index (χ0n) is 16.3. The number of piperidine rings is 1. The highest BCUT2D eigenvalue weighted by atomic mass is 35.5. The van der Waals surface area contributed by atoms with Gasteiger partial charge in [0.1, 0.15) is 11.5 Å². The molecule has 2 saturated heterocycles. The quantitative estimate of drug-likeness (QED) is 0.801. The fraction of sp³-hybridized carbons (Fsp3) is 0.364. The number of aliphatic carboxylic acids is 1. The second-order valence-corrected chi connectivity index (χ2v) is 8.11. The van der Waals surface area contributed by atoms with Gasteiger partial charge in [-0.3, -0.25) is 14.6 Å². The summed E-state index contributed by atoms with van der Waals surface area (Å²) in [7, 11) is 0. The van der Waals surface area contributed by atoms with Gasteiger partial charge in [-0.1, -0.05) is 41.9 Å². The summed E-state index contributed by atoms with van der Waals surface area (Å²) >= 11 is 5.80. The molecule has 158 valence electrons. The highest BCUT2D eigenvalue weighted by Gasteiger charge is 2.54. The van der Waals surface area contributed by atoms with E-state index < -0.39 is 29.5 Å². The molecular weight excluding hydrogens is 411 g/mol. The van der Waals surface area contributed by atoms with Crippen LogP contribution in [-0.4, -0.2) is 58.2 Å². The van der Waals surface area contributed by atoms with Crippen LogP contribution in [0.3, 0.4) is 0 Å². The highest BCUT2D eigenvalue weighted by molar-refractivity contribution is 6.30. The maximum Gasteiger partial charge on any atom is 0.328 e. The number of carbonyl (C=O) groups is 2. The van der Waals surface area contributed by atoms with Crippen LogP contribution in [0.5, 0.6) is 0 Å². The smallest absolute Gasteiger partial charge is 0.328 e. The van der Waals surface area contributed by atoms with Crippen LogP contribution in [0.15, 0.2) is 48.5 Å². The first kappa shape index (κ1) is 20.8. The standard InChI is InChI=1S/C22H22ClFN2O4/c23-16-6-7-17(18(24)12-16)20(27)26-19(21(28)29)14-30-22(26)8-10-25(11-9-22)13-15-4-2-1-3-5-15/h1-7,12,19H,8-11,13-14H2,(H,28,29)/t19-/m0/s1. The molecule has 30 heavy (non-hydrogen) atoms. The number of halogens is 2. The van der Waals surface area contributed by atoms with Crippen LogP contribution in [-0.2, 0) is 16.1 Å². The van der Waals surface area contributed by atoms with Crippen molar-refractivity contribution in [3.05, 3.63) is 70.5 Å². The summed E-state index contributed by atoms with van der Waals surface area (Å²) in [5.41, 5.74) is -0.0815. The Bertz CT molecular complexity index is 947. The van der Waals surface area contributed by atoms with E-state index in [0.717, 1.165) is 12.6 Å². The molecule has 2 aromatic rings. The molecule has 2 aliphatic rings. The van der Waals surface area contributed by atoms with Crippen LogP contribution in [0.25, 0.3) is 0 Å². The van der Waals surface area contributed by atoms with Gasteiger partial charge in [0, 0.05) is 37.5 Å². The number of amides is 1. The van der Waals surface area contributed by atoms with E-state index in [-0.39, 0.29) is 17.2 Å². The number of ether oxygens (including phenoxy) is 1. The van der Waals surface area contributed by atoms with Gasteiger partial charge in [0.15, 0.2) is 6.04 Å². The minimum Gasteiger partial charge on any atom is -0.480 e. The first-order valence-electron chi connectivity index (χ1n) is 9.81. The van der Waals surface area contributed by atoms with Gasteiger partial charge in [0.2, 0.25) is 0 Å². The van der Waals surface area contributed by atoms with Gasteiger partial charge in [-0.05, 0) is 23.8 Å². The number of nitrogens with zero attached hydrogens (tertiary/aromatic N) is 2. The van der Waals surface area contributed by atoms with E-state index in [4.69, 9.17) is 16.3 Å². The molecule has 2 fully saturated rings. The molecule has 8 heteroatoms. The van der Waals surface area contributed by atoms with Gasteiger partial charge in [-0.2, -0.15) is 0 Å². The number of hydrogen-bond donors (Lipinski definition) is 1. The Kier molecular flexibility index (Phi) is 5.77. The molecule has 2 heterocycles. The summed E-state index contributed by atoms with van der Waals surface area (Å²) in [6.45, 7) is 1.91. The number of rotatable bonds is 4. The molecular formula is C22H22ClFN2O4. The predicted octanol–water partition coefficient (Wildman–Crippen LogP) is 3.40. The van der Waals surface area contributed by atoms with Crippen molar-refractivity contribution in [3.8, 4) is 0 Å². The van der Waals surface area contributed by atoms with E-state index in [1.807, 2.05) is 18.2 Å². The van der Waals surface area contributed by atoms with Gasteiger partial charge in [-0.25, -0.2) is 9.18 Å². The van der Waals surface area contributed by atoms with Crippen molar-refractivity contribution in [2.45, 2.75) is 31.2 Å². The first-order chi connectivity index (χ1) is 14.4. The Hall–Kier alpha value is -2.48. The maximum atomic E-state index is 14.4. The summed E-state index contributed by atoms with van der Waals surface area (Å²) < 4.78 is 20.3. The van der Waals surface area contributed by atoms with Crippen molar-refractivity contribution in [1.29, 1.82) is 0 Å². The summed E-state index contributed by atoms with van der Waals surface area (Å²) in [6.07, 6.45) is 0.898. The average molecular weight is 433 g/mol. The summed E-state index contributed by atoms with van der Waals surface area (Å²) in [4.78, 5) is 28.5. The van der Waals surface area contributed by atoms with E-state index >= 15 is 0 Å². The predicted molar refractivity (Wildman–Crippen MR) is 109 cm³/mol. The van der Waals surface area contributed by atoms with Gasteiger partial charge >= 0.3 is 5.97 Å². The molecule has 6 nitrogen and oxygen atoms in total. The van der Waals surface area contributed by atoms with E-state index in [1.54, 1.807) is 0 Å². The van der Waals surface area contributed by atoms with Crippen LogP contribution < -0.4 is 0 Å². The lowest BCUT2D eigenvalue weighted by atomic mass is 9.96. The number of carbonyl (C=O) groups excluding carboxylic acids is 1. The molecule has 1 atom stereocenters. The molecule has 1 N–H and O–H groups in total. The Morgan fingerprint density at radius 3 is 2.50 bits per heavy atom. The first-order valence-corrected chi connectivity index (χ1v) is 10.2. The number of likely N-dealkylation sites (tertiary alicyclic amines) is 1. The molecule has 1 spiro atoms. The number of benzene rings is 2. The second kappa shape index (κ2) is 8.34. The van der Waals surface area contributed by atoms with E-state index in [0.29, 0.717) is 25.9 Å². The lowest BCUT2D eigenvalue weighted by Gasteiger charge is -2.44. The molecule has 0 aliphatic carbocycles. The molecule has 0 saturated carbocycles. The fourth-order valence-corrected chi connectivity index (χ4v) is 4.41. The van der Waals surface area contributed by atoms with Gasteiger partial charge in [0.25, 0.3) is 5.91 Å². The molecule has 0 aromatic heterocycles. The van der Waals surface area contributed by atoms with Crippen molar-refractivity contribution in [3.63, 3.8) is 0 Å². The Morgan fingerprint density at radius 1 is 1.17 bits per heavy atom. The Labute approximate surface area is 178 Å². The van der Waals surface area contributed by atoms with Crippen LogP contribution in [0, 0.1) is 5.82 Å². The topological polar surface area (TPSA) is 70.1 Å². The zero-order chi connectivity index (χ0) is 21.3. The van der Waals surface area contributed by atoms with E-state index in [1.165, 1.54) is 22.6 Å². The largest absolute Gasteiger partial charge is 0.480 e. The van der Waals surface area contributed by atoms with Crippen LogP contribution in [0.4, 0.5) is 4.39 Å². The van der Waals surface area contributed by atoms with Gasteiger partial charge in [-0.15, -0.1) is 0 Å². The van der Waals surface area contributed by atoms with Crippen molar-refractivity contribution in [2.24, 2.45) is 0 Å². The van der Waals surface area contributed by atoms with Crippen LogP contribution >= 0.6 is 11.6 Å². The SMILES string of the molecule is O=C(O)[C@@H]1COC2(CCN(Cc3ccccc3)CC2)N1C(=O)c1ccc(Cl)cc1F. The lowest BCUT2D eigenvalue weighted by Crippen LogP contribution is -2.58. The average Bonchev–Trinajstić information content (AvgIpc) is 3.09. The monoisotopic (exact) mass is 432 g/mol. The van der Waals surface area contributed by atoms with Crippen LogP contribution in [0.2, 0.25) is 5.02 Å². The van der Waals surface area contributed by atoms with Crippen molar-refractivity contribution in [1.82, 2.24) is 9.80 Å². The van der Waals surface area contributed by atoms with E-state index in [2.05, 4.69) is 17.0 Å². The molecule has 2 aromatic carbocycles. The third-order valence-corrected chi connectivity index (χ3v) is 6.05. The molecule has 0 bridgehead atoms. The highest BCUT2D eigenvalue weighted by Crippen LogP contribution is 2.39.